The molecule has 1 saturated heterocycles. The molecular formula is C21H19N3O3S3. The maximum Gasteiger partial charge on any atom is 0.285 e. The molecule has 1 N–H and O–H groups in total. The van der Waals surface area contributed by atoms with Crippen molar-refractivity contribution < 1.29 is 13.2 Å². The number of hydrogen-bond acceptors (Lipinski definition) is 6. The van der Waals surface area contributed by atoms with Crippen LogP contribution in [-0.2, 0) is 20.2 Å². The number of sulfonamides is 1. The van der Waals surface area contributed by atoms with Crippen LogP contribution in [0.15, 0.2) is 62.7 Å². The van der Waals surface area contributed by atoms with E-state index in [2.05, 4.69) is 30.6 Å². The van der Waals surface area contributed by atoms with Crippen molar-refractivity contribution in [2.24, 2.45) is 4.40 Å². The second-order valence-electron chi connectivity index (χ2n) is 7.91. The summed E-state index contributed by atoms with van der Waals surface area (Å²) in [5.74, 6) is -0.271. The zero-order valence-corrected chi connectivity index (χ0v) is 19.0. The number of thioether (sulfide) groups is 1. The first-order valence-electron chi connectivity index (χ1n) is 9.16. The van der Waals surface area contributed by atoms with E-state index in [4.69, 9.17) is 12.2 Å². The monoisotopic (exact) mass is 457 g/mol. The molecule has 0 atom stereocenters. The first-order valence-corrected chi connectivity index (χ1v) is 11.8. The Bertz CT molecular complexity index is 1220. The van der Waals surface area contributed by atoms with Gasteiger partial charge in [0, 0.05) is 5.56 Å². The van der Waals surface area contributed by atoms with Gasteiger partial charge in [0.1, 0.15) is 4.90 Å². The molecule has 30 heavy (non-hydrogen) atoms. The average Bonchev–Trinajstić information content (AvgIpc) is 3.09. The Labute approximate surface area is 185 Å². The van der Waals surface area contributed by atoms with Crippen molar-refractivity contribution in [3.63, 3.8) is 0 Å². The van der Waals surface area contributed by atoms with Crippen LogP contribution in [0, 0.1) is 0 Å². The van der Waals surface area contributed by atoms with Crippen LogP contribution in [0.2, 0.25) is 0 Å². The molecule has 1 amide bonds. The highest BCUT2D eigenvalue weighted by molar-refractivity contribution is 8.26. The Kier molecular flexibility index (Phi) is 5.08. The summed E-state index contributed by atoms with van der Waals surface area (Å²) in [5, 5.41) is 1.16. The van der Waals surface area contributed by atoms with Crippen LogP contribution in [0.4, 0.5) is 0 Å². The number of benzene rings is 2. The van der Waals surface area contributed by atoms with Crippen molar-refractivity contribution in [2.75, 3.05) is 0 Å². The predicted octanol–water partition coefficient (Wildman–Crippen LogP) is 3.84. The second-order valence-corrected chi connectivity index (χ2v) is 11.2. The summed E-state index contributed by atoms with van der Waals surface area (Å²) in [6.07, 6.45) is 1.77. The van der Waals surface area contributed by atoms with Crippen LogP contribution >= 0.6 is 24.0 Å². The molecular weight excluding hydrogens is 438 g/mol. The lowest BCUT2D eigenvalue weighted by Crippen LogP contribution is -2.44. The van der Waals surface area contributed by atoms with Gasteiger partial charge >= 0.3 is 0 Å². The van der Waals surface area contributed by atoms with E-state index in [9.17, 15) is 13.2 Å². The van der Waals surface area contributed by atoms with Gasteiger partial charge in [0.25, 0.3) is 15.9 Å². The fourth-order valence-electron chi connectivity index (χ4n) is 3.09. The van der Waals surface area contributed by atoms with Gasteiger partial charge in [0.2, 0.25) is 0 Å². The highest BCUT2D eigenvalue weighted by atomic mass is 32.2. The van der Waals surface area contributed by atoms with E-state index < -0.39 is 10.0 Å². The number of hydrogen-bond donors (Lipinski definition) is 1. The van der Waals surface area contributed by atoms with Gasteiger partial charge in [-0.3, -0.25) is 10.2 Å². The summed E-state index contributed by atoms with van der Waals surface area (Å²) in [4.78, 5) is 13.4. The van der Waals surface area contributed by atoms with Crippen LogP contribution in [0.1, 0.15) is 37.5 Å². The Balaban J connectivity index is 1.58. The molecule has 0 aliphatic carbocycles. The number of thiocarbonyl (C=S) groups is 1. The summed E-state index contributed by atoms with van der Waals surface area (Å²) >= 11 is 6.48. The van der Waals surface area contributed by atoms with Gasteiger partial charge in [0.05, 0.1) is 4.91 Å². The minimum absolute atomic E-state index is 0.0461. The normalized spacial score (nSPS) is 19.2. The van der Waals surface area contributed by atoms with E-state index in [0.717, 1.165) is 22.3 Å². The molecule has 2 heterocycles. The van der Waals surface area contributed by atoms with Gasteiger partial charge < -0.3 is 0 Å². The molecule has 2 aromatic rings. The number of carbonyl (C=O) groups excluding carboxylic acids is 1. The maximum absolute atomic E-state index is 12.9. The number of amides is 1. The van der Waals surface area contributed by atoms with Gasteiger partial charge in [-0.1, -0.05) is 68.9 Å². The number of nitrogens with zero attached hydrogens (tertiary/aromatic N) is 2. The fraction of sp³-hybridized carbons (Fsp3) is 0.190. The largest absolute Gasteiger partial charge is 0.285 e. The molecule has 1 fully saturated rings. The molecule has 2 aromatic carbocycles. The minimum Gasteiger partial charge on any atom is -0.272 e. The van der Waals surface area contributed by atoms with Gasteiger partial charge in [-0.05, 0) is 47.0 Å². The van der Waals surface area contributed by atoms with E-state index in [1.165, 1.54) is 11.6 Å². The second kappa shape index (κ2) is 7.33. The molecule has 6 nitrogen and oxygen atoms in total. The van der Waals surface area contributed by atoms with E-state index in [0.29, 0.717) is 10.5 Å². The molecule has 0 spiro atoms. The van der Waals surface area contributed by atoms with Crippen molar-refractivity contribution in [2.45, 2.75) is 31.1 Å². The summed E-state index contributed by atoms with van der Waals surface area (Å²) in [7, 11) is -3.79. The van der Waals surface area contributed by atoms with Crippen molar-refractivity contribution in [3.8, 4) is 0 Å². The average molecular weight is 458 g/mol. The molecule has 4 rings (SSSR count). The summed E-state index contributed by atoms with van der Waals surface area (Å²) in [5.41, 5.74) is 5.33. The molecule has 2 aliphatic rings. The van der Waals surface area contributed by atoms with Crippen LogP contribution in [0.3, 0.4) is 0 Å². The third kappa shape index (κ3) is 3.80. The van der Waals surface area contributed by atoms with Crippen molar-refractivity contribution >= 4 is 56.1 Å². The van der Waals surface area contributed by atoms with Crippen LogP contribution < -0.4 is 5.43 Å². The standard InChI is InChI=1S/C21H19N3O3S3/c1-21(2,3)14-10-8-13(9-11-14)12-16-19(25)24(20(28)29-16)22-18-15-6-4-5-7-17(15)30(26,27)23-18/h4-12H,1-3H3,(H,22,23). The third-order valence-corrected chi connectivity index (χ3v) is 7.35. The number of carbonyl (C=O) groups is 1. The number of fused-ring (bicyclic) bond motifs is 1. The fourth-order valence-corrected chi connectivity index (χ4v) is 5.44. The topological polar surface area (TPSA) is 78.8 Å². The van der Waals surface area contributed by atoms with Crippen molar-refractivity contribution in [1.29, 1.82) is 0 Å². The quantitative estimate of drug-likeness (QED) is 0.545. The highest BCUT2D eigenvalue weighted by Crippen LogP contribution is 2.33. The molecule has 2 aliphatic heterocycles. The van der Waals surface area contributed by atoms with E-state index >= 15 is 0 Å². The summed E-state index contributed by atoms with van der Waals surface area (Å²) in [6, 6.07) is 14.5. The third-order valence-electron chi connectivity index (χ3n) is 4.72. The van der Waals surface area contributed by atoms with Crippen LogP contribution in [0.25, 0.3) is 6.08 Å². The predicted molar refractivity (Wildman–Crippen MR) is 123 cm³/mol. The minimum atomic E-state index is -3.79. The molecule has 0 unspecified atom stereocenters. The number of rotatable bonds is 2. The summed E-state index contributed by atoms with van der Waals surface area (Å²) in [6.45, 7) is 6.43. The van der Waals surface area contributed by atoms with Gasteiger partial charge in [-0.15, -0.1) is 4.40 Å². The number of amidine groups is 1. The molecule has 0 saturated carbocycles. The van der Waals surface area contributed by atoms with E-state index in [1.807, 2.05) is 24.3 Å². The zero-order valence-electron chi connectivity index (χ0n) is 16.5. The van der Waals surface area contributed by atoms with Crippen molar-refractivity contribution in [1.82, 2.24) is 10.4 Å². The lowest BCUT2D eigenvalue weighted by Gasteiger charge is -2.18. The maximum atomic E-state index is 12.9. The van der Waals surface area contributed by atoms with Crippen LogP contribution in [-0.4, -0.2) is 29.5 Å². The number of nitrogens with one attached hydrogen (secondary N) is 1. The lowest BCUT2D eigenvalue weighted by atomic mass is 9.87. The smallest absolute Gasteiger partial charge is 0.272 e. The Morgan fingerprint density at radius 3 is 2.43 bits per heavy atom. The Hall–Kier alpha value is -2.49. The molecule has 0 bridgehead atoms. The first kappa shape index (κ1) is 20.8. The van der Waals surface area contributed by atoms with Gasteiger partial charge in [-0.2, -0.15) is 13.4 Å². The Morgan fingerprint density at radius 2 is 1.77 bits per heavy atom. The number of hydrazine groups is 1. The first-order chi connectivity index (χ1) is 14.1. The zero-order chi connectivity index (χ0) is 21.7. The van der Waals surface area contributed by atoms with Crippen molar-refractivity contribution in [3.05, 3.63) is 70.1 Å². The van der Waals surface area contributed by atoms with Gasteiger partial charge in [-0.25, -0.2) is 0 Å². The lowest BCUT2D eigenvalue weighted by molar-refractivity contribution is -0.123. The van der Waals surface area contributed by atoms with Crippen LogP contribution in [0.5, 0.6) is 0 Å². The van der Waals surface area contributed by atoms with E-state index in [1.54, 1.807) is 24.3 Å². The summed E-state index contributed by atoms with van der Waals surface area (Å²) < 4.78 is 28.5. The molecule has 154 valence electrons. The highest BCUT2D eigenvalue weighted by Gasteiger charge is 2.36. The Morgan fingerprint density at radius 1 is 1.10 bits per heavy atom. The molecule has 9 heteroatoms. The molecule has 0 aromatic heterocycles. The van der Waals surface area contributed by atoms with Gasteiger partial charge in [0.15, 0.2) is 10.2 Å². The SMILES string of the molecule is CC(C)(C)c1ccc(C=C2SC(=S)N(NC3=NS(=O)(=O)c4ccccc43)C2=O)cc1. The van der Waals surface area contributed by atoms with E-state index in [-0.39, 0.29) is 26.4 Å². The molecule has 0 radical (unpaired) electrons.